The Kier molecular flexibility index (Phi) is 3.96. The third-order valence-electron chi connectivity index (χ3n) is 3.20. The smallest absolute Gasteiger partial charge is 0.405 e. The summed E-state index contributed by atoms with van der Waals surface area (Å²) < 4.78 is 42.6. The highest BCUT2D eigenvalue weighted by molar-refractivity contribution is 9.10. The van der Waals surface area contributed by atoms with Gasteiger partial charge >= 0.3 is 12.1 Å². The average Bonchev–Trinajstić information content (AvgIpc) is 2.49. The van der Waals surface area contributed by atoms with Crippen LogP contribution in [0.3, 0.4) is 0 Å². The van der Waals surface area contributed by atoms with Gasteiger partial charge in [-0.1, -0.05) is 18.2 Å². The van der Waals surface area contributed by atoms with Crippen molar-refractivity contribution in [3.8, 4) is 11.4 Å². The Hall–Kier alpha value is -2.55. The van der Waals surface area contributed by atoms with E-state index in [1.807, 2.05) is 0 Å². The molecule has 0 spiro atoms. The van der Waals surface area contributed by atoms with Crippen LogP contribution < -0.4 is 16.0 Å². The monoisotopic (exact) mass is 400 g/mol. The van der Waals surface area contributed by atoms with Gasteiger partial charge in [0.05, 0.1) is 21.1 Å². The summed E-state index contributed by atoms with van der Waals surface area (Å²) >= 11 is 2.94. The molecular formula is C15H8BrF3N2O3. The average molecular weight is 401 g/mol. The zero-order valence-electron chi connectivity index (χ0n) is 11.7. The second kappa shape index (κ2) is 5.82. The molecule has 0 aliphatic carbocycles. The molecule has 9 heteroatoms. The second-order valence-electron chi connectivity index (χ2n) is 4.78. The quantitative estimate of drug-likeness (QED) is 0.717. The van der Waals surface area contributed by atoms with Gasteiger partial charge in [0.2, 0.25) is 0 Å². The van der Waals surface area contributed by atoms with E-state index in [9.17, 15) is 22.8 Å². The molecule has 0 saturated carbocycles. The number of benzene rings is 2. The minimum Gasteiger partial charge on any atom is -0.405 e. The molecule has 0 saturated heterocycles. The van der Waals surface area contributed by atoms with Crippen LogP contribution in [-0.4, -0.2) is 15.9 Å². The van der Waals surface area contributed by atoms with Crippen molar-refractivity contribution < 1.29 is 17.9 Å². The van der Waals surface area contributed by atoms with Crippen LogP contribution >= 0.6 is 15.9 Å². The first-order chi connectivity index (χ1) is 11.3. The Morgan fingerprint density at radius 3 is 2.38 bits per heavy atom. The maximum absolute atomic E-state index is 12.5. The number of alkyl halides is 3. The number of nitrogens with one attached hydrogen (secondary N) is 1. The first kappa shape index (κ1) is 16.3. The fraction of sp³-hybridized carbons (Fsp3) is 0.0667. The predicted octanol–water partition coefficient (Wildman–Crippen LogP) is 3.34. The predicted molar refractivity (Wildman–Crippen MR) is 84.5 cm³/mol. The van der Waals surface area contributed by atoms with Gasteiger partial charge in [-0.2, -0.15) is 0 Å². The molecule has 3 rings (SSSR count). The molecule has 3 aromatic rings. The first-order valence-electron chi connectivity index (χ1n) is 6.56. The topological polar surface area (TPSA) is 64.1 Å². The molecule has 1 heterocycles. The van der Waals surface area contributed by atoms with Crippen molar-refractivity contribution in [2.45, 2.75) is 6.36 Å². The number of para-hydroxylation sites is 1. The second-order valence-corrected chi connectivity index (χ2v) is 5.63. The summed E-state index contributed by atoms with van der Waals surface area (Å²) in [5.74, 6) is -0.551. The van der Waals surface area contributed by atoms with Crippen molar-refractivity contribution in [2.24, 2.45) is 0 Å². The highest BCUT2D eigenvalue weighted by Crippen LogP contribution is 2.33. The highest BCUT2D eigenvalue weighted by Gasteiger charge is 2.32. The van der Waals surface area contributed by atoms with Gasteiger partial charge in [0.1, 0.15) is 5.75 Å². The highest BCUT2D eigenvalue weighted by atomic mass is 79.9. The lowest BCUT2D eigenvalue weighted by molar-refractivity contribution is -0.274. The number of nitrogens with zero attached hydrogens (tertiary/aromatic N) is 1. The van der Waals surface area contributed by atoms with E-state index in [0.29, 0.717) is 5.69 Å². The summed E-state index contributed by atoms with van der Waals surface area (Å²) in [6.07, 6.45) is -4.91. The Labute approximate surface area is 140 Å². The molecule has 0 bridgehead atoms. The summed E-state index contributed by atoms with van der Waals surface area (Å²) in [4.78, 5) is 26.3. The van der Waals surface area contributed by atoms with Gasteiger partial charge in [0, 0.05) is 6.07 Å². The molecule has 124 valence electrons. The van der Waals surface area contributed by atoms with Crippen LogP contribution in [0.25, 0.3) is 16.6 Å². The summed E-state index contributed by atoms with van der Waals surface area (Å²) in [6, 6.07) is 10.4. The molecule has 0 aliphatic rings. The van der Waals surface area contributed by atoms with Crippen molar-refractivity contribution in [3.63, 3.8) is 0 Å². The van der Waals surface area contributed by atoms with Crippen LogP contribution in [0.2, 0.25) is 0 Å². The van der Waals surface area contributed by atoms with Crippen LogP contribution in [-0.2, 0) is 0 Å². The molecule has 0 unspecified atom stereocenters. The van der Waals surface area contributed by atoms with Gasteiger partial charge in [-0.25, -0.2) is 4.79 Å². The molecule has 1 N–H and O–H groups in total. The van der Waals surface area contributed by atoms with Gasteiger partial charge in [-0.05, 0) is 34.1 Å². The molecule has 0 amide bonds. The maximum atomic E-state index is 12.5. The lowest BCUT2D eigenvalue weighted by atomic mass is 10.2. The van der Waals surface area contributed by atoms with E-state index < -0.39 is 23.4 Å². The normalized spacial score (nSPS) is 11.7. The standard InChI is InChI=1S/C15H8BrF3N2O3/c16-10-6-9-11(7-12(10)24-15(17,18)19)21(14(23)20-13(9)22)8-4-2-1-3-5-8/h1-7H,(H,20,22,23). The molecule has 0 fully saturated rings. The number of hydrogen-bond donors (Lipinski definition) is 1. The summed E-state index contributed by atoms with van der Waals surface area (Å²) in [7, 11) is 0. The third-order valence-corrected chi connectivity index (χ3v) is 3.82. The molecule has 0 aliphatic heterocycles. The number of rotatable bonds is 2. The number of ether oxygens (including phenoxy) is 1. The van der Waals surface area contributed by atoms with E-state index in [-0.39, 0.29) is 15.4 Å². The van der Waals surface area contributed by atoms with Crippen molar-refractivity contribution in [1.82, 2.24) is 9.55 Å². The summed E-state index contributed by atoms with van der Waals surface area (Å²) in [5.41, 5.74) is -1.08. The molecule has 5 nitrogen and oxygen atoms in total. The molecule has 24 heavy (non-hydrogen) atoms. The van der Waals surface area contributed by atoms with E-state index in [0.717, 1.165) is 10.6 Å². The van der Waals surface area contributed by atoms with Gasteiger partial charge in [0.15, 0.2) is 0 Å². The fourth-order valence-electron chi connectivity index (χ4n) is 2.28. The third kappa shape index (κ3) is 3.07. The van der Waals surface area contributed by atoms with E-state index in [1.54, 1.807) is 30.3 Å². The Morgan fingerprint density at radius 2 is 1.75 bits per heavy atom. The van der Waals surface area contributed by atoms with E-state index in [2.05, 4.69) is 25.7 Å². The number of hydrogen-bond acceptors (Lipinski definition) is 3. The molecule has 2 aromatic carbocycles. The van der Waals surface area contributed by atoms with E-state index >= 15 is 0 Å². The minimum absolute atomic E-state index is 0.00241. The number of aromatic amines is 1. The van der Waals surface area contributed by atoms with Crippen LogP contribution in [0.15, 0.2) is 56.5 Å². The van der Waals surface area contributed by atoms with Gasteiger partial charge in [-0.3, -0.25) is 14.3 Å². The van der Waals surface area contributed by atoms with Gasteiger partial charge in [0.25, 0.3) is 5.56 Å². The van der Waals surface area contributed by atoms with Gasteiger partial charge in [-0.15, -0.1) is 13.2 Å². The Bertz CT molecular complexity index is 1030. The molecule has 0 atom stereocenters. The fourth-order valence-corrected chi connectivity index (χ4v) is 2.70. The van der Waals surface area contributed by atoms with Crippen molar-refractivity contribution in [1.29, 1.82) is 0 Å². The van der Waals surface area contributed by atoms with Crippen LogP contribution in [0, 0.1) is 0 Å². The van der Waals surface area contributed by atoms with Crippen LogP contribution in [0.5, 0.6) is 5.75 Å². The van der Waals surface area contributed by atoms with E-state index in [1.165, 1.54) is 6.07 Å². The molecule has 1 aromatic heterocycles. The van der Waals surface area contributed by atoms with Crippen molar-refractivity contribution in [3.05, 3.63) is 67.8 Å². The summed E-state index contributed by atoms with van der Waals surface area (Å²) in [6.45, 7) is 0. The first-order valence-corrected chi connectivity index (χ1v) is 7.35. The van der Waals surface area contributed by atoms with Gasteiger partial charge < -0.3 is 4.74 Å². The number of aromatic nitrogens is 2. The molecular weight excluding hydrogens is 393 g/mol. The maximum Gasteiger partial charge on any atom is 0.573 e. The largest absolute Gasteiger partial charge is 0.573 e. The Balaban J connectivity index is 2.38. The van der Waals surface area contributed by atoms with Crippen LogP contribution in [0.1, 0.15) is 0 Å². The molecule has 0 radical (unpaired) electrons. The van der Waals surface area contributed by atoms with Crippen molar-refractivity contribution in [2.75, 3.05) is 0 Å². The number of fused-ring (bicyclic) bond motifs is 1. The van der Waals surface area contributed by atoms with Crippen LogP contribution in [0.4, 0.5) is 13.2 Å². The van der Waals surface area contributed by atoms with Crippen molar-refractivity contribution >= 4 is 26.8 Å². The zero-order valence-corrected chi connectivity index (χ0v) is 13.3. The lowest BCUT2D eigenvalue weighted by Crippen LogP contribution is -2.29. The summed E-state index contributed by atoms with van der Waals surface area (Å²) in [5, 5.41) is 0.0415. The SMILES string of the molecule is O=c1[nH]c(=O)n(-c2ccccc2)c2cc(OC(F)(F)F)c(Br)cc12. The lowest BCUT2D eigenvalue weighted by Gasteiger charge is -2.14. The minimum atomic E-state index is -4.91. The zero-order chi connectivity index (χ0) is 17.5. The number of H-pyrrole nitrogens is 1. The van der Waals surface area contributed by atoms with E-state index in [4.69, 9.17) is 0 Å². The number of halogens is 4. The Morgan fingerprint density at radius 1 is 1.08 bits per heavy atom.